The van der Waals surface area contributed by atoms with E-state index < -0.39 is 0 Å². The van der Waals surface area contributed by atoms with Gasteiger partial charge < -0.3 is 5.32 Å². The number of hydrogen-bond acceptors (Lipinski definition) is 2. The molecule has 1 aliphatic rings. The van der Waals surface area contributed by atoms with Crippen LogP contribution in [0.5, 0.6) is 0 Å². The molecular weight excluding hydrogens is 190 g/mol. The Kier molecular flexibility index (Phi) is 5.95. The van der Waals surface area contributed by atoms with Gasteiger partial charge in [-0.1, -0.05) is 20.8 Å². The molecule has 14 heavy (non-hydrogen) atoms. The van der Waals surface area contributed by atoms with Crippen LogP contribution in [0.4, 0.5) is 0 Å². The van der Waals surface area contributed by atoms with Gasteiger partial charge in [0.25, 0.3) is 0 Å². The average Bonchev–Trinajstić information content (AvgIpc) is 2.18. The van der Waals surface area contributed by atoms with Gasteiger partial charge >= 0.3 is 0 Å². The van der Waals surface area contributed by atoms with E-state index in [1.165, 1.54) is 30.8 Å². The SMILES string of the molecule is CCNC(CC1CCSCC1)C(C)C. The zero-order valence-electron chi connectivity index (χ0n) is 9.88. The first-order valence-electron chi connectivity index (χ1n) is 6.05. The van der Waals surface area contributed by atoms with E-state index in [4.69, 9.17) is 0 Å². The molecule has 0 aliphatic carbocycles. The summed E-state index contributed by atoms with van der Waals surface area (Å²) in [4.78, 5) is 0. The Morgan fingerprint density at radius 1 is 1.29 bits per heavy atom. The van der Waals surface area contributed by atoms with Gasteiger partial charge in [0.15, 0.2) is 0 Å². The molecular formula is C12H25NS. The van der Waals surface area contributed by atoms with Crippen LogP contribution in [0.15, 0.2) is 0 Å². The van der Waals surface area contributed by atoms with Gasteiger partial charge in [0.1, 0.15) is 0 Å². The van der Waals surface area contributed by atoms with Gasteiger partial charge in [-0.15, -0.1) is 0 Å². The van der Waals surface area contributed by atoms with Crippen LogP contribution in [0.3, 0.4) is 0 Å². The average molecular weight is 215 g/mol. The quantitative estimate of drug-likeness (QED) is 0.756. The fourth-order valence-corrected chi connectivity index (χ4v) is 3.40. The second-order valence-electron chi connectivity index (χ2n) is 4.70. The molecule has 1 rings (SSSR count). The van der Waals surface area contributed by atoms with E-state index in [0.29, 0.717) is 0 Å². The van der Waals surface area contributed by atoms with Crippen molar-refractivity contribution in [3.8, 4) is 0 Å². The van der Waals surface area contributed by atoms with Crippen LogP contribution in [0.2, 0.25) is 0 Å². The Balaban J connectivity index is 2.29. The van der Waals surface area contributed by atoms with Gasteiger partial charge in [-0.25, -0.2) is 0 Å². The van der Waals surface area contributed by atoms with Crippen LogP contribution in [0.25, 0.3) is 0 Å². The zero-order chi connectivity index (χ0) is 10.4. The molecule has 2 heteroatoms. The molecule has 0 saturated carbocycles. The molecule has 1 unspecified atom stereocenters. The molecule has 1 nitrogen and oxygen atoms in total. The van der Waals surface area contributed by atoms with Crippen LogP contribution >= 0.6 is 11.8 Å². The maximum atomic E-state index is 3.62. The van der Waals surface area contributed by atoms with Gasteiger partial charge in [0.05, 0.1) is 0 Å². The van der Waals surface area contributed by atoms with Crippen molar-refractivity contribution < 1.29 is 0 Å². The summed E-state index contributed by atoms with van der Waals surface area (Å²) in [5, 5.41) is 3.62. The molecule has 0 aromatic heterocycles. The molecule has 1 fully saturated rings. The van der Waals surface area contributed by atoms with Crippen molar-refractivity contribution in [3.63, 3.8) is 0 Å². The standard InChI is InChI=1S/C12H25NS/c1-4-13-12(10(2)3)9-11-5-7-14-8-6-11/h10-13H,4-9H2,1-3H3. The number of thioether (sulfide) groups is 1. The van der Waals surface area contributed by atoms with Crippen molar-refractivity contribution in [1.82, 2.24) is 5.32 Å². The minimum Gasteiger partial charge on any atom is -0.314 e. The Morgan fingerprint density at radius 3 is 2.43 bits per heavy atom. The third-order valence-corrected chi connectivity index (χ3v) is 4.25. The summed E-state index contributed by atoms with van der Waals surface area (Å²) in [6.45, 7) is 8.01. The van der Waals surface area contributed by atoms with Crippen LogP contribution in [0.1, 0.15) is 40.0 Å². The molecule has 0 radical (unpaired) electrons. The largest absolute Gasteiger partial charge is 0.314 e. The van der Waals surface area contributed by atoms with E-state index in [-0.39, 0.29) is 0 Å². The topological polar surface area (TPSA) is 12.0 Å². The van der Waals surface area contributed by atoms with E-state index in [2.05, 4.69) is 37.8 Å². The number of rotatable bonds is 5. The molecule has 0 bridgehead atoms. The van der Waals surface area contributed by atoms with E-state index in [1.807, 2.05) is 0 Å². The van der Waals surface area contributed by atoms with Gasteiger partial charge in [-0.2, -0.15) is 11.8 Å². The molecule has 0 amide bonds. The normalized spacial score (nSPS) is 21.4. The predicted octanol–water partition coefficient (Wildman–Crippen LogP) is 3.15. The molecule has 1 N–H and O–H groups in total. The van der Waals surface area contributed by atoms with E-state index in [9.17, 15) is 0 Å². The first-order valence-corrected chi connectivity index (χ1v) is 7.20. The summed E-state index contributed by atoms with van der Waals surface area (Å²) in [6, 6.07) is 0.744. The fourth-order valence-electron chi connectivity index (χ4n) is 2.19. The highest BCUT2D eigenvalue weighted by Gasteiger charge is 2.20. The maximum absolute atomic E-state index is 3.62. The first kappa shape index (κ1) is 12.4. The third kappa shape index (κ3) is 4.22. The third-order valence-electron chi connectivity index (χ3n) is 3.20. The summed E-state index contributed by atoms with van der Waals surface area (Å²) in [6.07, 6.45) is 4.28. The van der Waals surface area contributed by atoms with E-state index >= 15 is 0 Å². The minimum absolute atomic E-state index is 0.744. The molecule has 1 atom stereocenters. The minimum atomic E-state index is 0.744. The lowest BCUT2D eigenvalue weighted by Gasteiger charge is -2.29. The second kappa shape index (κ2) is 6.73. The van der Waals surface area contributed by atoms with E-state index in [1.54, 1.807) is 0 Å². The Labute approximate surface area is 93.4 Å². The van der Waals surface area contributed by atoms with Gasteiger partial charge in [0.2, 0.25) is 0 Å². The van der Waals surface area contributed by atoms with Crippen molar-refractivity contribution >= 4 is 11.8 Å². The maximum Gasteiger partial charge on any atom is 0.00925 e. The summed E-state index contributed by atoms with van der Waals surface area (Å²) in [5.74, 6) is 4.55. The molecule has 0 spiro atoms. The van der Waals surface area contributed by atoms with Crippen molar-refractivity contribution in [2.75, 3.05) is 18.1 Å². The molecule has 1 aliphatic heterocycles. The van der Waals surface area contributed by atoms with Crippen LogP contribution < -0.4 is 5.32 Å². The van der Waals surface area contributed by atoms with Crippen molar-refractivity contribution in [3.05, 3.63) is 0 Å². The Morgan fingerprint density at radius 2 is 1.93 bits per heavy atom. The first-order chi connectivity index (χ1) is 6.74. The molecule has 84 valence electrons. The highest BCUT2D eigenvalue weighted by molar-refractivity contribution is 7.99. The molecule has 0 aromatic rings. The highest BCUT2D eigenvalue weighted by Crippen LogP contribution is 2.27. The summed E-state index contributed by atoms with van der Waals surface area (Å²) in [7, 11) is 0. The summed E-state index contributed by atoms with van der Waals surface area (Å²) >= 11 is 2.13. The molecule has 1 heterocycles. The van der Waals surface area contributed by atoms with Gasteiger partial charge in [-0.3, -0.25) is 0 Å². The van der Waals surface area contributed by atoms with Gasteiger partial charge in [-0.05, 0) is 49.1 Å². The molecule has 1 saturated heterocycles. The summed E-state index contributed by atoms with van der Waals surface area (Å²) in [5.41, 5.74) is 0. The lowest BCUT2D eigenvalue weighted by Crippen LogP contribution is -2.36. The second-order valence-corrected chi connectivity index (χ2v) is 5.92. The summed E-state index contributed by atoms with van der Waals surface area (Å²) < 4.78 is 0. The Hall–Kier alpha value is 0.310. The monoisotopic (exact) mass is 215 g/mol. The van der Waals surface area contributed by atoms with Crippen LogP contribution in [0, 0.1) is 11.8 Å². The van der Waals surface area contributed by atoms with Gasteiger partial charge in [0, 0.05) is 6.04 Å². The van der Waals surface area contributed by atoms with Crippen molar-refractivity contribution in [1.29, 1.82) is 0 Å². The highest BCUT2D eigenvalue weighted by atomic mass is 32.2. The van der Waals surface area contributed by atoms with Crippen LogP contribution in [-0.4, -0.2) is 24.1 Å². The number of hydrogen-bond donors (Lipinski definition) is 1. The zero-order valence-corrected chi connectivity index (χ0v) is 10.7. The van der Waals surface area contributed by atoms with E-state index in [0.717, 1.165) is 24.4 Å². The van der Waals surface area contributed by atoms with Crippen LogP contribution in [-0.2, 0) is 0 Å². The lowest BCUT2D eigenvalue weighted by atomic mass is 9.89. The lowest BCUT2D eigenvalue weighted by molar-refractivity contribution is 0.311. The smallest absolute Gasteiger partial charge is 0.00925 e. The molecule has 0 aromatic carbocycles. The predicted molar refractivity (Wildman–Crippen MR) is 67.0 cm³/mol. The fraction of sp³-hybridized carbons (Fsp3) is 1.00. The van der Waals surface area contributed by atoms with Crippen molar-refractivity contribution in [2.45, 2.75) is 46.1 Å². The Bertz CT molecular complexity index is 141. The number of nitrogens with one attached hydrogen (secondary N) is 1. The van der Waals surface area contributed by atoms with Crippen molar-refractivity contribution in [2.24, 2.45) is 11.8 Å².